The fraction of sp³-hybridized carbons (Fsp3) is 0.533. The second-order valence-electron chi connectivity index (χ2n) is 5.06. The molecule has 0 aliphatic heterocycles. The molecule has 98 valence electrons. The summed E-state index contributed by atoms with van der Waals surface area (Å²) in [5, 5.41) is 8.95. The van der Waals surface area contributed by atoms with Crippen molar-refractivity contribution < 1.29 is 14.6 Å². The zero-order valence-electron chi connectivity index (χ0n) is 10.8. The number of carboxylic acid groups (broad SMARTS) is 1. The van der Waals surface area contributed by atoms with Gasteiger partial charge in [0.05, 0.1) is 6.42 Å². The summed E-state index contributed by atoms with van der Waals surface area (Å²) in [5.74, 6) is 0.316. The molecule has 0 radical (unpaired) electrons. The number of hydrogen-bond donors (Lipinski definition) is 1. The molecule has 1 N–H and O–H groups in total. The molecule has 1 aliphatic carbocycles. The molecule has 1 aliphatic rings. The minimum atomic E-state index is -0.722. The highest BCUT2D eigenvalue weighted by Gasteiger charge is 2.28. The number of aliphatic carboxylic acids is 1. The molecule has 0 spiro atoms. The molecule has 0 amide bonds. The maximum absolute atomic E-state index is 10.9. The highest BCUT2D eigenvalue weighted by molar-refractivity contribution is 5.67. The van der Waals surface area contributed by atoms with Crippen LogP contribution in [0.1, 0.15) is 37.7 Å². The van der Waals surface area contributed by atoms with Crippen molar-refractivity contribution in [2.24, 2.45) is 5.92 Å². The molecule has 0 aromatic heterocycles. The van der Waals surface area contributed by atoms with Crippen molar-refractivity contribution in [1.29, 1.82) is 0 Å². The van der Waals surface area contributed by atoms with Crippen molar-refractivity contribution in [2.45, 2.75) is 45.1 Å². The zero-order valence-corrected chi connectivity index (χ0v) is 10.8. The second-order valence-corrected chi connectivity index (χ2v) is 5.06. The molecule has 0 saturated heterocycles. The van der Waals surface area contributed by atoms with Crippen LogP contribution in [-0.4, -0.2) is 17.2 Å². The van der Waals surface area contributed by atoms with Crippen molar-refractivity contribution in [3.8, 4) is 5.75 Å². The van der Waals surface area contributed by atoms with Gasteiger partial charge in [-0.05, 0) is 37.8 Å². The summed E-state index contributed by atoms with van der Waals surface area (Å²) in [6.07, 6.45) is 4.44. The highest BCUT2D eigenvalue weighted by atomic mass is 16.5. The molecule has 3 nitrogen and oxygen atoms in total. The third kappa shape index (κ3) is 3.25. The Balaban J connectivity index is 2.05. The van der Waals surface area contributed by atoms with Gasteiger partial charge in [-0.1, -0.05) is 24.6 Å². The quantitative estimate of drug-likeness (QED) is 0.888. The molecule has 0 heterocycles. The van der Waals surface area contributed by atoms with Crippen LogP contribution in [0.25, 0.3) is 0 Å². The van der Waals surface area contributed by atoms with Crippen molar-refractivity contribution in [3.63, 3.8) is 0 Å². The molecule has 2 unspecified atom stereocenters. The summed E-state index contributed by atoms with van der Waals surface area (Å²) >= 11 is 0. The number of carbonyl (C=O) groups is 1. The SMILES string of the molecule is Cc1ccccc1OC1CCCCC1CC(=O)O. The molecular weight excluding hydrogens is 228 g/mol. The summed E-state index contributed by atoms with van der Waals surface area (Å²) in [7, 11) is 0. The van der Waals surface area contributed by atoms with E-state index in [4.69, 9.17) is 9.84 Å². The van der Waals surface area contributed by atoms with Gasteiger partial charge >= 0.3 is 5.97 Å². The maximum Gasteiger partial charge on any atom is 0.303 e. The van der Waals surface area contributed by atoms with E-state index < -0.39 is 5.97 Å². The Bertz CT molecular complexity index is 414. The molecule has 18 heavy (non-hydrogen) atoms. The minimum absolute atomic E-state index is 0.0518. The van der Waals surface area contributed by atoms with Gasteiger partial charge in [-0.15, -0.1) is 0 Å². The van der Waals surface area contributed by atoms with Gasteiger partial charge in [-0.2, -0.15) is 0 Å². The van der Waals surface area contributed by atoms with Crippen molar-refractivity contribution in [1.82, 2.24) is 0 Å². The Morgan fingerprint density at radius 2 is 2.06 bits per heavy atom. The van der Waals surface area contributed by atoms with Gasteiger partial charge in [0.15, 0.2) is 0 Å². The lowest BCUT2D eigenvalue weighted by Gasteiger charge is -2.31. The lowest BCUT2D eigenvalue weighted by molar-refractivity contribution is -0.139. The molecule has 1 fully saturated rings. The smallest absolute Gasteiger partial charge is 0.303 e. The van der Waals surface area contributed by atoms with Gasteiger partial charge in [0.1, 0.15) is 11.9 Å². The standard InChI is InChI=1S/C15H20O3/c1-11-6-2-4-8-13(11)18-14-9-5-3-7-12(14)10-15(16)17/h2,4,6,8,12,14H,3,5,7,9-10H2,1H3,(H,16,17). The predicted molar refractivity (Wildman–Crippen MR) is 69.8 cm³/mol. The summed E-state index contributed by atoms with van der Waals surface area (Å²) in [4.78, 5) is 10.9. The van der Waals surface area contributed by atoms with Crippen LogP contribution in [0, 0.1) is 12.8 Å². The van der Waals surface area contributed by atoms with E-state index in [1.807, 2.05) is 31.2 Å². The summed E-state index contributed by atoms with van der Waals surface area (Å²) in [6.45, 7) is 2.02. The zero-order chi connectivity index (χ0) is 13.0. The van der Waals surface area contributed by atoms with Gasteiger partial charge in [-0.3, -0.25) is 4.79 Å². The molecule has 0 bridgehead atoms. The van der Waals surface area contributed by atoms with Gasteiger partial charge in [0, 0.05) is 5.92 Å². The Morgan fingerprint density at radius 1 is 1.33 bits per heavy atom. The molecule has 3 heteroatoms. The number of benzene rings is 1. The summed E-state index contributed by atoms with van der Waals surface area (Å²) < 4.78 is 6.04. The average Bonchev–Trinajstić information content (AvgIpc) is 2.34. The topological polar surface area (TPSA) is 46.5 Å². The van der Waals surface area contributed by atoms with Gasteiger partial charge in [-0.25, -0.2) is 0 Å². The summed E-state index contributed by atoms with van der Waals surface area (Å²) in [5.41, 5.74) is 1.11. The fourth-order valence-corrected chi connectivity index (χ4v) is 2.64. The van der Waals surface area contributed by atoms with Crippen LogP contribution in [0.2, 0.25) is 0 Å². The first-order valence-electron chi connectivity index (χ1n) is 6.61. The fourth-order valence-electron chi connectivity index (χ4n) is 2.64. The van der Waals surface area contributed by atoms with Crippen molar-refractivity contribution >= 4 is 5.97 Å². The van der Waals surface area contributed by atoms with E-state index in [9.17, 15) is 4.79 Å². The van der Waals surface area contributed by atoms with Crippen molar-refractivity contribution in [2.75, 3.05) is 0 Å². The van der Waals surface area contributed by atoms with Crippen LogP contribution >= 0.6 is 0 Å². The van der Waals surface area contributed by atoms with E-state index in [1.54, 1.807) is 0 Å². The number of hydrogen-bond acceptors (Lipinski definition) is 2. The molecular formula is C15H20O3. The second kappa shape index (κ2) is 5.89. The van der Waals surface area contributed by atoms with E-state index in [0.29, 0.717) is 0 Å². The molecule has 2 rings (SSSR count). The van der Waals surface area contributed by atoms with Crippen LogP contribution in [0.15, 0.2) is 24.3 Å². The van der Waals surface area contributed by atoms with E-state index in [2.05, 4.69) is 0 Å². The van der Waals surface area contributed by atoms with Crippen LogP contribution in [0.4, 0.5) is 0 Å². The molecule has 1 aromatic carbocycles. The highest BCUT2D eigenvalue weighted by Crippen LogP contribution is 2.31. The van der Waals surface area contributed by atoms with Crippen LogP contribution in [0.3, 0.4) is 0 Å². The van der Waals surface area contributed by atoms with Crippen LogP contribution < -0.4 is 4.74 Å². The number of ether oxygens (including phenoxy) is 1. The Morgan fingerprint density at radius 3 is 2.78 bits per heavy atom. The number of para-hydroxylation sites is 1. The number of carboxylic acids is 1. The van der Waals surface area contributed by atoms with Gasteiger partial charge < -0.3 is 9.84 Å². The average molecular weight is 248 g/mol. The molecule has 1 aromatic rings. The molecule has 1 saturated carbocycles. The normalized spacial score (nSPS) is 23.6. The lowest BCUT2D eigenvalue weighted by atomic mass is 9.84. The lowest BCUT2D eigenvalue weighted by Crippen LogP contribution is -2.32. The van der Waals surface area contributed by atoms with E-state index >= 15 is 0 Å². The number of aryl methyl sites for hydroxylation is 1. The Hall–Kier alpha value is -1.51. The van der Waals surface area contributed by atoms with Crippen LogP contribution in [-0.2, 0) is 4.79 Å². The third-order valence-electron chi connectivity index (χ3n) is 3.65. The molecule has 2 atom stereocenters. The number of rotatable bonds is 4. The van der Waals surface area contributed by atoms with Crippen molar-refractivity contribution in [3.05, 3.63) is 29.8 Å². The summed E-state index contributed by atoms with van der Waals surface area (Å²) in [6, 6.07) is 7.92. The largest absolute Gasteiger partial charge is 0.490 e. The van der Waals surface area contributed by atoms with E-state index in [-0.39, 0.29) is 18.4 Å². The van der Waals surface area contributed by atoms with E-state index in [0.717, 1.165) is 37.0 Å². The Labute approximate surface area is 108 Å². The predicted octanol–water partition coefficient (Wildman–Crippen LogP) is 3.41. The first kappa shape index (κ1) is 12.9. The third-order valence-corrected chi connectivity index (χ3v) is 3.65. The Kier molecular flexibility index (Phi) is 4.24. The monoisotopic (exact) mass is 248 g/mol. The minimum Gasteiger partial charge on any atom is -0.490 e. The van der Waals surface area contributed by atoms with E-state index in [1.165, 1.54) is 0 Å². The first-order chi connectivity index (χ1) is 8.66. The van der Waals surface area contributed by atoms with Gasteiger partial charge in [0.2, 0.25) is 0 Å². The first-order valence-corrected chi connectivity index (χ1v) is 6.61. The van der Waals surface area contributed by atoms with Crippen LogP contribution in [0.5, 0.6) is 5.75 Å². The maximum atomic E-state index is 10.9. The van der Waals surface area contributed by atoms with Gasteiger partial charge in [0.25, 0.3) is 0 Å².